The van der Waals surface area contributed by atoms with Crippen molar-refractivity contribution in [1.29, 1.82) is 0 Å². The van der Waals surface area contributed by atoms with Crippen LogP contribution in [-0.4, -0.2) is 35.4 Å². The monoisotopic (exact) mass is 239 g/mol. The Bertz CT molecular complexity index is 363. The number of carboxylic acid groups (broad SMARTS) is 1. The van der Waals surface area contributed by atoms with E-state index in [9.17, 15) is 9.90 Å². The van der Waals surface area contributed by atoms with Crippen LogP contribution in [0, 0.1) is 0 Å². The van der Waals surface area contributed by atoms with Gasteiger partial charge in [-0.3, -0.25) is 4.79 Å². The van der Waals surface area contributed by atoms with Crippen molar-refractivity contribution in [2.24, 2.45) is 5.73 Å². The molecule has 2 unspecified atom stereocenters. The van der Waals surface area contributed by atoms with Crippen LogP contribution in [0.4, 0.5) is 0 Å². The van der Waals surface area contributed by atoms with E-state index in [1.165, 1.54) is 0 Å². The number of rotatable bonds is 6. The van der Waals surface area contributed by atoms with E-state index in [2.05, 4.69) is 0 Å². The summed E-state index contributed by atoms with van der Waals surface area (Å²) in [4.78, 5) is 10.4. The third-order valence-corrected chi connectivity index (χ3v) is 2.51. The largest absolute Gasteiger partial charge is 0.497 e. The van der Waals surface area contributed by atoms with Crippen LogP contribution < -0.4 is 10.5 Å². The van der Waals surface area contributed by atoms with Gasteiger partial charge in [-0.1, -0.05) is 12.1 Å². The number of carboxylic acids is 1. The lowest BCUT2D eigenvalue weighted by atomic mass is 10.0. The second-order valence-corrected chi connectivity index (χ2v) is 3.88. The van der Waals surface area contributed by atoms with Crippen molar-refractivity contribution in [3.05, 3.63) is 29.8 Å². The van der Waals surface area contributed by atoms with E-state index >= 15 is 0 Å². The van der Waals surface area contributed by atoms with Crippen LogP contribution in [0.3, 0.4) is 0 Å². The fourth-order valence-corrected chi connectivity index (χ4v) is 1.50. The molecule has 1 aromatic carbocycles. The zero-order valence-corrected chi connectivity index (χ0v) is 9.67. The van der Waals surface area contributed by atoms with Crippen LogP contribution in [0.25, 0.3) is 0 Å². The minimum absolute atomic E-state index is 0.336. The molecule has 1 rings (SSSR count). The summed E-state index contributed by atoms with van der Waals surface area (Å²) in [6, 6.07) is 6.69. The summed E-state index contributed by atoms with van der Waals surface area (Å²) in [5.74, 6) is -0.309. The van der Waals surface area contributed by atoms with Crippen LogP contribution in [0.2, 0.25) is 0 Å². The highest BCUT2D eigenvalue weighted by Gasteiger charge is 2.18. The molecule has 0 aliphatic rings. The number of nitrogens with two attached hydrogens (primary N) is 1. The summed E-state index contributed by atoms with van der Waals surface area (Å²) in [5, 5.41) is 18.1. The first-order valence-electron chi connectivity index (χ1n) is 5.31. The number of aliphatic carboxylic acids is 1. The molecule has 0 heterocycles. The molecule has 94 valence electrons. The van der Waals surface area contributed by atoms with E-state index in [1.54, 1.807) is 19.2 Å². The Labute approximate surface area is 99.8 Å². The smallest absolute Gasteiger partial charge is 0.306 e. The Morgan fingerprint density at radius 1 is 1.41 bits per heavy atom. The Balaban J connectivity index is 2.54. The van der Waals surface area contributed by atoms with E-state index < -0.39 is 18.1 Å². The fourth-order valence-electron chi connectivity index (χ4n) is 1.50. The molecule has 2 atom stereocenters. The molecule has 0 bridgehead atoms. The van der Waals surface area contributed by atoms with E-state index in [0.717, 1.165) is 11.3 Å². The van der Waals surface area contributed by atoms with Gasteiger partial charge in [-0.25, -0.2) is 0 Å². The molecule has 0 spiro atoms. The van der Waals surface area contributed by atoms with Gasteiger partial charge in [-0.15, -0.1) is 0 Å². The van der Waals surface area contributed by atoms with Gasteiger partial charge in [0.05, 0.1) is 19.6 Å². The Hall–Kier alpha value is -1.59. The highest BCUT2D eigenvalue weighted by atomic mass is 16.5. The predicted octanol–water partition coefficient (Wildman–Crippen LogP) is 0.401. The van der Waals surface area contributed by atoms with Crippen LogP contribution in [0.1, 0.15) is 12.0 Å². The minimum atomic E-state index is -1.05. The highest BCUT2D eigenvalue weighted by Crippen LogP contribution is 2.13. The number of aliphatic hydroxyl groups is 1. The maximum Gasteiger partial charge on any atom is 0.306 e. The summed E-state index contributed by atoms with van der Waals surface area (Å²) in [6.45, 7) is 0. The average molecular weight is 239 g/mol. The molecule has 0 fully saturated rings. The first kappa shape index (κ1) is 13.5. The SMILES string of the molecule is COc1ccc(CC(N)C(O)CC(=O)O)cc1. The van der Waals surface area contributed by atoms with Crippen LogP contribution in [0.15, 0.2) is 24.3 Å². The van der Waals surface area contributed by atoms with E-state index in [1.807, 2.05) is 12.1 Å². The first-order valence-corrected chi connectivity index (χ1v) is 5.31. The van der Waals surface area contributed by atoms with Gasteiger partial charge in [0.1, 0.15) is 5.75 Å². The quantitative estimate of drug-likeness (QED) is 0.668. The molecule has 5 heteroatoms. The van der Waals surface area contributed by atoms with Gasteiger partial charge >= 0.3 is 5.97 Å². The third kappa shape index (κ3) is 4.42. The van der Waals surface area contributed by atoms with Crippen LogP contribution >= 0.6 is 0 Å². The minimum Gasteiger partial charge on any atom is -0.497 e. The number of hydrogen-bond donors (Lipinski definition) is 3. The van der Waals surface area contributed by atoms with Gasteiger partial charge in [0, 0.05) is 6.04 Å². The summed E-state index contributed by atoms with van der Waals surface area (Å²) in [6.07, 6.45) is -0.940. The van der Waals surface area contributed by atoms with E-state index in [4.69, 9.17) is 15.6 Å². The molecule has 0 aromatic heterocycles. The number of aliphatic hydroxyl groups excluding tert-OH is 1. The second kappa shape index (κ2) is 6.22. The van der Waals surface area contributed by atoms with Crippen molar-refractivity contribution in [2.75, 3.05) is 7.11 Å². The fraction of sp³-hybridized carbons (Fsp3) is 0.417. The summed E-state index contributed by atoms with van der Waals surface area (Å²) < 4.78 is 5.02. The Kier molecular flexibility index (Phi) is 4.93. The van der Waals surface area contributed by atoms with Gasteiger partial charge in [0.25, 0.3) is 0 Å². The highest BCUT2D eigenvalue weighted by molar-refractivity contribution is 5.67. The van der Waals surface area contributed by atoms with E-state index in [0.29, 0.717) is 6.42 Å². The molecule has 0 saturated carbocycles. The molecule has 4 N–H and O–H groups in total. The first-order chi connectivity index (χ1) is 8.02. The summed E-state index contributed by atoms with van der Waals surface area (Å²) >= 11 is 0. The van der Waals surface area contributed by atoms with E-state index in [-0.39, 0.29) is 6.42 Å². The molecule has 0 aliphatic carbocycles. The number of hydrogen-bond acceptors (Lipinski definition) is 4. The number of ether oxygens (including phenoxy) is 1. The van der Waals surface area contributed by atoms with Crippen LogP contribution in [0.5, 0.6) is 5.75 Å². The van der Waals surface area contributed by atoms with Crippen molar-refractivity contribution < 1.29 is 19.7 Å². The maximum absolute atomic E-state index is 10.4. The summed E-state index contributed by atoms with van der Waals surface area (Å²) in [7, 11) is 1.58. The van der Waals surface area contributed by atoms with Gasteiger partial charge in [-0.05, 0) is 24.1 Å². The second-order valence-electron chi connectivity index (χ2n) is 3.88. The van der Waals surface area contributed by atoms with Crippen molar-refractivity contribution >= 4 is 5.97 Å². The average Bonchev–Trinajstić information content (AvgIpc) is 2.29. The molecular formula is C12H17NO4. The Morgan fingerprint density at radius 2 is 2.00 bits per heavy atom. The lowest BCUT2D eigenvalue weighted by molar-refractivity contribution is -0.139. The molecule has 17 heavy (non-hydrogen) atoms. The molecular weight excluding hydrogens is 222 g/mol. The normalized spacial score (nSPS) is 14.1. The van der Waals surface area contributed by atoms with Gasteiger partial charge in [0.15, 0.2) is 0 Å². The van der Waals surface area contributed by atoms with Crippen molar-refractivity contribution in [3.63, 3.8) is 0 Å². The molecule has 0 aliphatic heterocycles. The number of methoxy groups -OCH3 is 1. The zero-order valence-electron chi connectivity index (χ0n) is 9.67. The van der Waals surface area contributed by atoms with Crippen molar-refractivity contribution in [2.45, 2.75) is 25.0 Å². The number of benzene rings is 1. The molecule has 0 amide bonds. The van der Waals surface area contributed by atoms with Gasteiger partial charge < -0.3 is 20.7 Å². The van der Waals surface area contributed by atoms with Crippen molar-refractivity contribution in [3.8, 4) is 5.75 Å². The summed E-state index contributed by atoms with van der Waals surface area (Å²) in [5.41, 5.74) is 6.66. The molecule has 0 radical (unpaired) electrons. The van der Waals surface area contributed by atoms with Crippen LogP contribution in [-0.2, 0) is 11.2 Å². The molecule has 0 saturated heterocycles. The lowest BCUT2D eigenvalue weighted by Crippen LogP contribution is -2.38. The molecule has 1 aromatic rings. The lowest BCUT2D eigenvalue weighted by Gasteiger charge is -2.17. The zero-order chi connectivity index (χ0) is 12.8. The van der Waals surface area contributed by atoms with Crippen molar-refractivity contribution in [1.82, 2.24) is 0 Å². The predicted molar refractivity (Wildman–Crippen MR) is 62.9 cm³/mol. The van der Waals surface area contributed by atoms with Gasteiger partial charge in [-0.2, -0.15) is 0 Å². The molecule has 5 nitrogen and oxygen atoms in total. The third-order valence-electron chi connectivity index (χ3n) is 2.51. The number of carbonyl (C=O) groups is 1. The van der Waals surface area contributed by atoms with Gasteiger partial charge in [0.2, 0.25) is 0 Å². The maximum atomic E-state index is 10.4. The standard InChI is InChI=1S/C12H17NO4/c1-17-9-4-2-8(3-5-9)6-10(13)11(14)7-12(15)16/h2-5,10-11,14H,6-7,13H2,1H3,(H,15,16). The topological polar surface area (TPSA) is 92.8 Å². The Morgan fingerprint density at radius 3 is 2.47 bits per heavy atom.